The summed E-state index contributed by atoms with van der Waals surface area (Å²) in [5.41, 5.74) is 1.90. The molecule has 2 rings (SSSR count). The van der Waals surface area contributed by atoms with E-state index in [4.69, 9.17) is 4.74 Å². The molecule has 0 bridgehead atoms. The molecule has 1 unspecified atom stereocenters. The van der Waals surface area contributed by atoms with Gasteiger partial charge in [-0.2, -0.15) is 0 Å². The van der Waals surface area contributed by atoms with Crippen molar-refractivity contribution in [1.82, 2.24) is 5.32 Å². The van der Waals surface area contributed by atoms with Gasteiger partial charge in [0.1, 0.15) is 5.75 Å². The molecule has 4 heteroatoms. The number of hydrogen-bond acceptors (Lipinski definition) is 2. The molecular formula is C16H22BrNO2. The van der Waals surface area contributed by atoms with Crippen molar-refractivity contribution in [3.63, 3.8) is 0 Å². The molecule has 0 saturated heterocycles. The standard InChI is InChI=1S/C16H22BrNO2/c1-16(2,3)14(6-8-17)18-15(19)12-4-5-13-11(10-12)7-9-20-13/h4-5,10,14H,6-9H2,1-3H3,(H,18,19). The van der Waals surface area contributed by atoms with E-state index in [1.165, 1.54) is 0 Å². The van der Waals surface area contributed by atoms with E-state index < -0.39 is 0 Å². The van der Waals surface area contributed by atoms with Crippen molar-refractivity contribution in [1.29, 1.82) is 0 Å². The minimum atomic E-state index is 0.000532. The number of halogens is 1. The van der Waals surface area contributed by atoms with Crippen LogP contribution in [0.4, 0.5) is 0 Å². The number of fused-ring (bicyclic) bond motifs is 1. The summed E-state index contributed by atoms with van der Waals surface area (Å²) in [6.07, 6.45) is 1.81. The van der Waals surface area contributed by atoms with Crippen LogP contribution < -0.4 is 10.1 Å². The molecule has 3 nitrogen and oxygen atoms in total. The first-order valence-electron chi connectivity index (χ1n) is 7.04. The van der Waals surface area contributed by atoms with Crippen molar-refractivity contribution in [2.45, 2.75) is 39.7 Å². The van der Waals surface area contributed by atoms with Gasteiger partial charge < -0.3 is 10.1 Å². The Balaban J connectivity index is 2.11. The number of amides is 1. The zero-order chi connectivity index (χ0) is 14.8. The minimum absolute atomic E-state index is 0.000532. The Morgan fingerprint density at radius 1 is 1.45 bits per heavy atom. The third kappa shape index (κ3) is 3.54. The lowest BCUT2D eigenvalue weighted by atomic mass is 9.85. The highest BCUT2D eigenvalue weighted by Gasteiger charge is 2.26. The second-order valence-electron chi connectivity index (χ2n) is 6.29. The molecule has 0 radical (unpaired) electrons. The van der Waals surface area contributed by atoms with Crippen molar-refractivity contribution in [2.24, 2.45) is 5.41 Å². The largest absolute Gasteiger partial charge is 0.493 e. The minimum Gasteiger partial charge on any atom is -0.493 e. The molecule has 0 saturated carbocycles. The SMILES string of the molecule is CC(C)(C)C(CCBr)NC(=O)c1ccc2c(c1)CCO2. The Morgan fingerprint density at radius 2 is 2.20 bits per heavy atom. The highest BCUT2D eigenvalue weighted by Crippen LogP contribution is 2.27. The van der Waals surface area contributed by atoms with E-state index in [1.54, 1.807) is 0 Å². The third-order valence-corrected chi connectivity index (χ3v) is 4.16. The number of carbonyl (C=O) groups is 1. The molecule has 0 spiro atoms. The van der Waals surface area contributed by atoms with Crippen molar-refractivity contribution >= 4 is 21.8 Å². The lowest BCUT2D eigenvalue weighted by molar-refractivity contribution is 0.0900. The van der Waals surface area contributed by atoms with Crippen LogP contribution in [0.1, 0.15) is 43.1 Å². The average Bonchev–Trinajstić information content (AvgIpc) is 2.84. The van der Waals surface area contributed by atoms with Gasteiger partial charge in [-0.25, -0.2) is 0 Å². The van der Waals surface area contributed by atoms with Gasteiger partial charge in [0.25, 0.3) is 5.91 Å². The number of benzene rings is 1. The van der Waals surface area contributed by atoms with E-state index in [2.05, 4.69) is 42.0 Å². The van der Waals surface area contributed by atoms with Crippen LogP contribution in [0.15, 0.2) is 18.2 Å². The molecule has 1 aromatic carbocycles. The zero-order valence-electron chi connectivity index (χ0n) is 12.3. The second-order valence-corrected chi connectivity index (χ2v) is 7.08. The van der Waals surface area contributed by atoms with Crippen molar-refractivity contribution in [3.05, 3.63) is 29.3 Å². The predicted molar refractivity (Wildman–Crippen MR) is 84.8 cm³/mol. The summed E-state index contributed by atoms with van der Waals surface area (Å²) in [6, 6.07) is 5.84. The molecule has 1 heterocycles. The molecule has 110 valence electrons. The first kappa shape index (κ1) is 15.4. The van der Waals surface area contributed by atoms with Crippen LogP contribution in [-0.2, 0) is 6.42 Å². The summed E-state index contributed by atoms with van der Waals surface area (Å²) in [6.45, 7) is 7.17. The average molecular weight is 340 g/mol. The Hall–Kier alpha value is -1.03. The fourth-order valence-electron chi connectivity index (χ4n) is 2.40. The maximum Gasteiger partial charge on any atom is 0.251 e. The van der Waals surface area contributed by atoms with Crippen LogP contribution in [0.3, 0.4) is 0 Å². The van der Waals surface area contributed by atoms with Gasteiger partial charge in [-0.15, -0.1) is 0 Å². The molecule has 1 atom stereocenters. The summed E-state index contributed by atoms with van der Waals surface area (Å²) in [4.78, 5) is 12.4. The summed E-state index contributed by atoms with van der Waals surface area (Å²) < 4.78 is 5.47. The first-order chi connectivity index (χ1) is 9.41. The maximum absolute atomic E-state index is 12.4. The van der Waals surface area contributed by atoms with E-state index in [-0.39, 0.29) is 17.4 Å². The molecule has 1 aromatic rings. The van der Waals surface area contributed by atoms with Crippen LogP contribution in [0, 0.1) is 5.41 Å². The monoisotopic (exact) mass is 339 g/mol. The molecule has 0 aromatic heterocycles. The number of hydrogen-bond donors (Lipinski definition) is 1. The van der Waals surface area contributed by atoms with E-state index in [9.17, 15) is 4.79 Å². The van der Waals surface area contributed by atoms with Crippen LogP contribution in [-0.4, -0.2) is 23.9 Å². The molecule has 1 N–H and O–H groups in total. The van der Waals surface area contributed by atoms with Crippen molar-refractivity contribution < 1.29 is 9.53 Å². The molecule has 20 heavy (non-hydrogen) atoms. The van der Waals surface area contributed by atoms with Crippen LogP contribution in [0.2, 0.25) is 0 Å². The normalized spacial score (nSPS) is 15.4. The molecule has 0 fully saturated rings. The van der Waals surface area contributed by atoms with Crippen LogP contribution in [0.25, 0.3) is 0 Å². The topological polar surface area (TPSA) is 38.3 Å². The molecule has 0 aliphatic carbocycles. The van der Waals surface area contributed by atoms with Gasteiger partial charge in [0.15, 0.2) is 0 Å². The van der Waals surface area contributed by atoms with Gasteiger partial charge in [0, 0.05) is 23.4 Å². The Bertz CT molecular complexity index is 494. The summed E-state index contributed by atoms with van der Waals surface area (Å²) in [7, 11) is 0. The Morgan fingerprint density at radius 3 is 2.85 bits per heavy atom. The summed E-state index contributed by atoms with van der Waals surface area (Å²) in [5.74, 6) is 0.912. The lowest BCUT2D eigenvalue weighted by Gasteiger charge is -2.31. The van der Waals surface area contributed by atoms with E-state index >= 15 is 0 Å². The van der Waals surface area contributed by atoms with Crippen molar-refractivity contribution in [3.8, 4) is 5.75 Å². The highest BCUT2D eigenvalue weighted by atomic mass is 79.9. The lowest BCUT2D eigenvalue weighted by Crippen LogP contribution is -2.44. The molecule has 1 aliphatic heterocycles. The quantitative estimate of drug-likeness (QED) is 0.852. The van der Waals surface area contributed by atoms with E-state index in [1.807, 2.05) is 18.2 Å². The zero-order valence-corrected chi connectivity index (χ0v) is 13.9. The van der Waals surface area contributed by atoms with Gasteiger partial charge >= 0.3 is 0 Å². The molecule has 1 aliphatic rings. The molecule has 1 amide bonds. The summed E-state index contributed by atoms with van der Waals surface area (Å²) in [5, 5.41) is 4.04. The number of carbonyl (C=O) groups excluding carboxylic acids is 1. The number of ether oxygens (including phenoxy) is 1. The number of rotatable bonds is 4. The number of alkyl halides is 1. The molecular weight excluding hydrogens is 318 g/mol. The fourth-order valence-corrected chi connectivity index (χ4v) is 2.86. The van der Waals surface area contributed by atoms with Crippen molar-refractivity contribution in [2.75, 3.05) is 11.9 Å². The Kier molecular flexibility index (Phi) is 4.74. The second kappa shape index (κ2) is 6.17. The Labute approximate surface area is 129 Å². The smallest absolute Gasteiger partial charge is 0.251 e. The van der Waals surface area contributed by atoms with E-state index in [0.717, 1.165) is 35.0 Å². The summed E-state index contributed by atoms with van der Waals surface area (Å²) >= 11 is 3.46. The fraction of sp³-hybridized carbons (Fsp3) is 0.562. The van der Waals surface area contributed by atoms with Gasteiger partial charge in [-0.05, 0) is 35.6 Å². The number of nitrogens with one attached hydrogen (secondary N) is 1. The maximum atomic E-state index is 12.4. The van der Waals surface area contributed by atoms with Crippen LogP contribution in [0.5, 0.6) is 5.75 Å². The first-order valence-corrected chi connectivity index (χ1v) is 8.16. The van der Waals surface area contributed by atoms with Gasteiger partial charge in [-0.1, -0.05) is 36.7 Å². The van der Waals surface area contributed by atoms with E-state index in [0.29, 0.717) is 6.61 Å². The van der Waals surface area contributed by atoms with Crippen LogP contribution >= 0.6 is 15.9 Å². The third-order valence-electron chi connectivity index (χ3n) is 3.70. The predicted octanol–water partition coefficient (Wildman–Crippen LogP) is 3.55. The highest BCUT2D eigenvalue weighted by molar-refractivity contribution is 9.09. The van der Waals surface area contributed by atoms with Gasteiger partial charge in [-0.3, -0.25) is 4.79 Å². The van der Waals surface area contributed by atoms with Gasteiger partial charge in [0.05, 0.1) is 6.61 Å². The van der Waals surface area contributed by atoms with Gasteiger partial charge in [0.2, 0.25) is 0 Å².